The van der Waals surface area contributed by atoms with Crippen LogP contribution < -0.4 is 0 Å². The minimum absolute atomic E-state index is 0.374. The van der Waals surface area contributed by atoms with E-state index in [0.29, 0.717) is 15.6 Å². The molecule has 0 amide bonds. The van der Waals surface area contributed by atoms with Gasteiger partial charge in [0.05, 0.1) is 7.11 Å². The largest absolute Gasteiger partial charge is 0.466 e. The summed E-state index contributed by atoms with van der Waals surface area (Å²) < 4.78 is 4.57. The third-order valence-corrected chi connectivity index (χ3v) is 2.40. The molecule has 0 unspecified atom stereocenters. The lowest BCUT2D eigenvalue weighted by molar-refractivity contribution is -0.135. The summed E-state index contributed by atoms with van der Waals surface area (Å²) in [7, 11) is 1.34. The van der Waals surface area contributed by atoms with Crippen molar-refractivity contribution in [3.63, 3.8) is 0 Å². The maximum Gasteiger partial charge on any atom is 0.333 e. The van der Waals surface area contributed by atoms with Gasteiger partial charge in [0.25, 0.3) is 0 Å². The number of hydrogen-bond acceptors (Lipinski definition) is 2. The van der Waals surface area contributed by atoms with Crippen molar-refractivity contribution in [2.45, 2.75) is 6.92 Å². The molecule has 0 radical (unpaired) electrons. The number of hydrogen-bond donors (Lipinski definition) is 0. The van der Waals surface area contributed by atoms with Crippen LogP contribution in [0.5, 0.6) is 0 Å². The summed E-state index contributed by atoms with van der Waals surface area (Å²) in [6, 6.07) is 5.08. The first kappa shape index (κ1) is 12.1. The molecular weight excluding hydrogens is 235 g/mol. The van der Waals surface area contributed by atoms with Crippen LogP contribution >= 0.6 is 23.2 Å². The molecule has 0 fully saturated rings. The van der Waals surface area contributed by atoms with Crippen molar-refractivity contribution in [3.8, 4) is 0 Å². The Bertz CT molecular complexity index is 411. The monoisotopic (exact) mass is 244 g/mol. The predicted molar refractivity (Wildman–Crippen MR) is 62.1 cm³/mol. The van der Waals surface area contributed by atoms with Gasteiger partial charge in [0.1, 0.15) is 0 Å². The first-order chi connectivity index (χ1) is 7.04. The lowest BCUT2D eigenvalue weighted by Crippen LogP contribution is -2.01. The topological polar surface area (TPSA) is 26.3 Å². The minimum atomic E-state index is -0.374. The molecule has 0 saturated heterocycles. The molecule has 0 N–H and O–H groups in total. The number of esters is 1. The average Bonchev–Trinajstić information content (AvgIpc) is 2.20. The number of benzene rings is 1. The second-order valence-electron chi connectivity index (χ2n) is 2.98. The summed E-state index contributed by atoms with van der Waals surface area (Å²) in [5.41, 5.74) is 1.23. The number of carbonyl (C=O) groups excluding carboxylic acids is 1. The molecule has 15 heavy (non-hydrogen) atoms. The fraction of sp³-hybridized carbons (Fsp3) is 0.182. The molecule has 4 heteroatoms. The Hall–Kier alpha value is -0.990. The average molecular weight is 245 g/mol. The Morgan fingerprint density at radius 2 is 2.07 bits per heavy atom. The van der Waals surface area contributed by atoms with Crippen LogP contribution in [-0.2, 0) is 9.53 Å². The van der Waals surface area contributed by atoms with Gasteiger partial charge in [0.2, 0.25) is 0 Å². The SMILES string of the molecule is COC(=O)/C(C)=C/c1ccc(Cl)cc1Cl. The molecule has 0 saturated carbocycles. The number of halogens is 2. The molecule has 0 spiro atoms. The summed E-state index contributed by atoms with van der Waals surface area (Å²) in [5.74, 6) is -0.374. The van der Waals surface area contributed by atoms with E-state index in [4.69, 9.17) is 23.2 Å². The van der Waals surface area contributed by atoms with Gasteiger partial charge in [-0.25, -0.2) is 4.79 Å². The molecule has 0 aromatic heterocycles. The Labute approximate surface area is 98.4 Å². The summed E-state index contributed by atoms with van der Waals surface area (Å²) in [6.45, 7) is 1.66. The zero-order valence-corrected chi connectivity index (χ0v) is 9.89. The maximum absolute atomic E-state index is 11.1. The van der Waals surface area contributed by atoms with Crippen LogP contribution in [0.4, 0.5) is 0 Å². The first-order valence-corrected chi connectivity index (χ1v) is 5.02. The van der Waals surface area contributed by atoms with Crippen LogP contribution in [0.15, 0.2) is 23.8 Å². The van der Waals surface area contributed by atoms with Crippen molar-refractivity contribution in [2.24, 2.45) is 0 Å². The molecule has 0 heterocycles. The van der Waals surface area contributed by atoms with Gasteiger partial charge in [0, 0.05) is 15.6 Å². The summed E-state index contributed by atoms with van der Waals surface area (Å²) in [5, 5.41) is 1.07. The van der Waals surface area contributed by atoms with E-state index in [1.807, 2.05) is 0 Å². The van der Waals surface area contributed by atoms with Crippen molar-refractivity contribution in [1.82, 2.24) is 0 Å². The third kappa shape index (κ3) is 3.26. The van der Waals surface area contributed by atoms with Gasteiger partial charge in [-0.1, -0.05) is 29.3 Å². The third-order valence-electron chi connectivity index (χ3n) is 1.84. The Balaban J connectivity index is 3.03. The van der Waals surface area contributed by atoms with E-state index < -0.39 is 0 Å². The Kier molecular flexibility index (Phi) is 4.18. The molecule has 1 rings (SSSR count). The normalized spacial score (nSPS) is 11.3. The van der Waals surface area contributed by atoms with Gasteiger partial charge in [-0.15, -0.1) is 0 Å². The van der Waals surface area contributed by atoms with E-state index in [1.165, 1.54) is 7.11 Å². The zero-order chi connectivity index (χ0) is 11.4. The van der Waals surface area contributed by atoms with Gasteiger partial charge in [-0.3, -0.25) is 0 Å². The van der Waals surface area contributed by atoms with E-state index in [2.05, 4.69) is 4.74 Å². The highest BCUT2D eigenvalue weighted by atomic mass is 35.5. The first-order valence-electron chi connectivity index (χ1n) is 4.26. The summed E-state index contributed by atoms with van der Waals surface area (Å²) >= 11 is 11.7. The van der Waals surface area contributed by atoms with E-state index in [9.17, 15) is 4.79 Å². The Morgan fingerprint density at radius 3 is 2.60 bits per heavy atom. The van der Waals surface area contributed by atoms with Crippen LogP contribution in [0, 0.1) is 0 Å². The molecule has 0 aliphatic carbocycles. The van der Waals surface area contributed by atoms with Crippen molar-refractivity contribution in [3.05, 3.63) is 39.4 Å². The van der Waals surface area contributed by atoms with Crippen molar-refractivity contribution in [2.75, 3.05) is 7.11 Å². The highest BCUT2D eigenvalue weighted by molar-refractivity contribution is 6.35. The van der Waals surface area contributed by atoms with Gasteiger partial charge < -0.3 is 4.74 Å². The molecule has 0 aliphatic heterocycles. The molecule has 80 valence electrons. The van der Waals surface area contributed by atoms with Crippen LogP contribution in [0.3, 0.4) is 0 Å². The van der Waals surface area contributed by atoms with E-state index in [0.717, 1.165) is 5.56 Å². The minimum Gasteiger partial charge on any atom is -0.466 e. The zero-order valence-electron chi connectivity index (χ0n) is 8.38. The van der Waals surface area contributed by atoms with Crippen LogP contribution in [0.25, 0.3) is 6.08 Å². The van der Waals surface area contributed by atoms with Crippen LogP contribution in [0.1, 0.15) is 12.5 Å². The lowest BCUT2D eigenvalue weighted by atomic mass is 10.1. The smallest absolute Gasteiger partial charge is 0.333 e. The van der Waals surface area contributed by atoms with Crippen molar-refractivity contribution in [1.29, 1.82) is 0 Å². The van der Waals surface area contributed by atoms with Crippen molar-refractivity contribution < 1.29 is 9.53 Å². The number of ether oxygens (including phenoxy) is 1. The van der Waals surface area contributed by atoms with Crippen LogP contribution in [0.2, 0.25) is 10.0 Å². The molecule has 0 atom stereocenters. The quantitative estimate of drug-likeness (QED) is 0.588. The van der Waals surface area contributed by atoms with Crippen molar-refractivity contribution >= 4 is 35.2 Å². The molecule has 0 aliphatic rings. The van der Waals surface area contributed by atoms with Crippen LogP contribution in [-0.4, -0.2) is 13.1 Å². The van der Waals surface area contributed by atoms with Gasteiger partial charge in [-0.2, -0.15) is 0 Å². The van der Waals surface area contributed by atoms with Gasteiger partial charge in [0.15, 0.2) is 0 Å². The summed E-state index contributed by atoms with van der Waals surface area (Å²) in [6.07, 6.45) is 1.66. The predicted octanol–water partition coefficient (Wildman–Crippen LogP) is 3.57. The highest BCUT2D eigenvalue weighted by Gasteiger charge is 2.05. The number of rotatable bonds is 2. The lowest BCUT2D eigenvalue weighted by Gasteiger charge is -2.01. The molecule has 2 nitrogen and oxygen atoms in total. The maximum atomic E-state index is 11.1. The molecular formula is C11H10Cl2O2. The molecule has 1 aromatic carbocycles. The summed E-state index contributed by atoms with van der Waals surface area (Å²) in [4.78, 5) is 11.1. The molecule has 1 aromatic rings. The Morgan fingerprint density at radius 1 is 1.40 bits per heavy atom. The molecule has 0 bridgehead atoms. The van der Waals surface area contributed by atoms with Gasteiger partial charge >= 0.3 is 5.97 Å². The highest BCUT2D eigenvalue weighted by Crippen LogP contribution is 2.23. The second-order valence-corrected chi connectivity index (χ2v) is 3.83. The fourth-order valence-electron chi connectivity index (χ4n) is 1.07. The standard InChI is InChI=1S/C11H10Cl2O2/c1-7(11(14)15-2)5-8-3-4-9(12)6-10(8)13/h3-6H,1-2H3/b7-5+. The van der Waals surface area contributed by atoms with E-state index in [1.54, 1.807) is 31.2 Å². The van der Waals surface area contributed by atoms with Gasteiger partial charge in [-0.05, 0) is 30.7 Å². The number of carbonyl (C=O) groups is 1. The van der Waals surface area contributed by atoms with E-state index >= 15 is 0 Å². The number of methoxy groups -OCH3 is 1. The fourth-order valence-corrected chi connectivity index (χ4v) is 1.53. The van der Waals surface area contributed by atoms with E-state index in [-0.39, 0.29) is 5.97 Å². The second kappa shape index (κ2) is 5.19.